The van der Waals surface area contributed by atoms with Crippen LogP contribution in [0.3, 0.4) is 0 Å². The molecule has 0 radical (unpaired) electrons. The number of benzene rings is 1. The number of hydrogen-bond acceptors (Lipinski definition) is 9. The normalized spacial score (nSPS) is 16.4. The minimum absolute atomic E-state index is 0.181. The molecule has 148 valence electrons. The molecular weight excluding hydrogens is 398 g/mol. The molecule has 1 N–H and O–H groups in total. The van der Waals surface area contributed by atoms with Crippen molar-refractivity contribution in [1.29, 1.82) is 0 Å². The number of rotatable bonds is 5. The first-order chi connectivity index (χ1) is 14.0. The fourth-order valence-electron chi connectivity index (χ4n) is 2.18. The summed E-state index contributed by atoms with van der Waals surface area (Å²) in [5.74, 6) is -1.57. The van der Waals surface area contributed by atoms with E-state index in [0.717, 1.165) is 29.1 Å². The van der Waals surface area contributed by atoms with Gasteiger partial charge in [-0.05, 0) is 35.5 Å². The largest absolute Gasteiger partial charge is 0.466 e. The van der Waals surface area contributed by atoms with E-state index in [1.807, 2.05) is 0 Å². The number of esters is 2. The maximum absolute atomic E-state index is 11.7. The number of methoxy groups -OCH3 is 2. The molecule has 1 fully saturated rings. The molecule has 0 saturated carbocycles. The van der Waals surface area contributed by atoms with Gasteiger partial charge in [0.25, 0.3) is 5.91 Å². The first-order valence-electron chi connectivity index (χ1n) is 8.14. The Morgan fingerprint density at radius 3 is 2.62 bits per heavy atom. The van der Waals surface area contributed by atoms with Crippen LogP contribution in [0.1, 0.15) is 16.1 Å². The van der Waals surface area contributed by atoms with E-state index in [1.54, 1.807) is 41.2 Å². The third kappa shape index (κ3) is 4.96. The van der Waals surface area contributed by atoms with Crippen LogP contribution < -0.4 is 5.32 Å². The van der Waals surface area contributed by atoms with E-state index in [0.29, 0.717) is 0 Å². The fourth-order valence-corrected chi connectivity index (χ4v) is 2.92. The summed E-state index contributed by atoms with van der Waals surface area (Å²) in [7, 11) is 2.52. The maximum Gasteiger partial charge on any atom is 0.358 e. The average molecular weight is 413 g/mol. The van der Waals surface area contributed by atoms with E-state index in [4.69, 9.17) is 0 Å². The van der Waals surface area contributed by atoms with E-state index < -0.39 is 17.8 Å². The second kappa shape index (κ2) is 8.97. The van der Waals surface area contributed by atoms with Crippen LogP contribution in [-0.2, 0) is 19.1 Å². The highest BCUT2D eigenvalue weighted by atomic mass is 32.2. The molecule has 2 aromatic rings. The molecule has 1 amide bonds. The average Bonchev–Trinajstić information content (AvgIpc) is 3.35. The van der Waals surface area contributed by atoms with Gasteiger partial charge in [0.1, 0.15) is 0 Å². The third-order valence-corrected chi connectivity index (χ3v) is 4.50. The molecule has 1 aliphatic rings. The number of ether oxygens (including phenoxy) is 2. The van der Waals surface area contributed by atoms with Crippen LogP contribution in [0.4, 0.5) is 0 Å². The maximum atomic E-state index is 11.7. The lowest BCUT2D eigenvalue weighted by molar-refractivity contribution is -0.135. The summed E-state index contributed by atoms with van der Waals surface area (Å²) in [5.41, 5.74) is 1.73. The Bertz CT molecular complexity index is 1040. The Labute approximate surface area is 169 Å². The molecule has 29 heavy (non-hydrogen) atoms. The van der Waals surface area contributed by atoms with E-state index in [9.17, 15) is 14.4 Å². The van der Waals surface area contributed by atoms with E-state index in [2.05, 4.69) is 30.1 Å². The smallest absolute Gasteiger partial charge is 0.358 e. The number of nitrogens with one attached hydrogen (secondary N) is 1. The Morgan fingerprint density at radius 2 is 1.93 bits per heavy atom. The van der Waals surface area contributed by atoms with Crippen LogP contribution in [0, 0.1) is 0 Å². The Balaban J connectivity index is 1.65. The summed E-state index contributed by atoms with van der Waals surface area (Å²) in [6.07, 6.45) is 4.25. The van der Waals surface area contributed by atoms with Crippen molar-refractivity contribution in [2.75, 3.05) is 14.2 Å². The fraction of sp³-hybridized carbons (Fsp3) is 0.111. The van der Waals surface area contributed by atoms with Gasteiger partial charge in [0, 0.05) is 12.3 Å². The van der Waals surface area contributed by atoms with Crippen molar-refractivity contribution >= 4 is 41.0 Å². The van der Waals surface area contributed by atoms with Crippen molar-refractivity contribution < 1.29 is 23.9 Å². The molecule has 11 heteroatoms. The lowest BCUT2D eigenvalue weighted by Gasteiger charge is -2.01. The van der Waals surface area contributed by atoms with Gasteiger partial charge in [0.05, 0.1) is 31.0 Å². The summed E-state index contributed by atoms with van der Waals surface area (Å²) in [6.45, 7) is 0. The lowest BCUT2D eigenvalue weighted by Crippen LogP contribution is -2.19. The molecule has 0 bridgehead atoms. The first kappa shape index (κ1) is 20.0. The molecule has 2 heterocycles. The molecular formula is C18H15N5O5S. The van der Waals surface area contributed by atoms with E-state index in [-0.39, 0.29) is 15.8 Å². The van der Waals surface area contributed by atoms with Gasteiger partial charge < -0.3 is 9.47 Å². The predicted molar refractivity (Wildman–Crippen MR) is 106 cm³/mol. The second-order valence-electron chi connectivity index (χ2n) is 5.47. The molecule has 3 rings (SSSR count). The van der Waals surface area contributed by atoms with Crippen LogP contribution in [-0.4, -0.2) is 53.2 Å². The second-order valence-corrected chi connectivity index (χ2v) is 6.50. The van der Waals surface area contributed by atoms with Crippen molar-refractivity contribution in [1.82, 2.24) is 15.1 Å². The van der Waals surface area contributed by atoms with Crippen molar-refractivity contribution in [3.63, 3.8) is 0 Å². The Hall–Kier alpha value is -3.73. The monoisotopic (exact) mass is 413 g/mol. The quantitative estimate of drug-likeness (QED) is 0.339. The summed E-state index contributed by atoms with van der Waals surface area (Å²) in [4.78, 5) is 34.6. The predicted octanol–water partition coefficient (Wildman–Crippen LogP) is 1.27. The van der Waals surface area contributed by atoms with Crippen molar-refractivity contribution in [2.45, 2.75) is 0 Å². The van der Waals surface area contributed by atoms with Gasteiger partial charge in [-0.2, -0.15) is 10.2 Å². The van der Waals surface area contributed by atoms with Crippen LogP contribution in [0.5, 0.6) is 0 Å². The number of thioether (sulfide) groups is 1. The zero-order valence-corrected chi connectivity index (χ0v) is 16.2. The van der Waals surface area contributed by atoms with Gasteiger partial charge in [-0.15, -0.1) is 5.10 Å². The molecule has 1 aromatic heterocycles. The number of hydrogen-bond donors (Lipinski definition) is 1. The summed E-state index contributed by atoms with van der Waals surface area (Å²) in [5, 5.41) is 14.8. The highest BCUT2D eigenvalue weighted by Gasteiger charge is 2.24. The van der Waals surface area contributed by atoms with Gasteiger partial charge in [-0.1, -0.05) is 12.1 Å². The van der Waals surface area contributed by atoms with Gasteiger partial charge in [-0.3, -0.25) is 10.1 Å². The SMILES string of the molecule is COC(=O)/C=C1/S/C(=N\N=Cc2ccc(-n3ccc(C(=O)OC)n3)cc2)NC1=O. The third-order valence-electron chi connectivity index (χ3n) is 3.60. The molecule has 0 aliphatic carbocycles. The van der Waals surface area contributed by atoms with Crippen molar-refractivity contribution in [3.05, 3.63) is 58.8 Å². The highest BCUT2D eigenvalue weighted by Crippen LogP contribution is 2.23. The van der Waals surface area contributed by atoms with Gasteiger partial charge >= 0.3 is 11.9 Å². The minimum atomic E-state index is -0.622. The Kier molecular flexibility index (Phi) is 6.19. The van der Waals surface area contributed by atoms with Crippen LogP contribution in [0.15, 0.2) is 57.7 Å². The van der Waals surface area contributed by atoms with E-state index in [1.165, 1.54) is 20.4 Å². The molecule has 1 saturated heterocycles. The number of aromatic nitrogens is 2. The Morgan fingerprint density at radius 1 is 1.17 bits per heavy atom. The minimum Gasteiger partial charge on any atom is -0.466 e. The molecule has 10 nitrogen and oxygen atoms in total. The molecule has 0 atom stereocenters. The molecule has 1 aromatic carbocycles. The number of amides is 1. The first-order valence-corrected chi connectivity index (χ1v) is 8.96. The summed E-state index contributed by atoms with van der Waals surface area (Å²) >= 11 is 0.990. The van der Waals surface area contributed by atoms with Crippen molar-refractivity contribution in [3.8, 4) is 5.69 Å². The number of nitrogens with zero attached hydrogens (tertiary/aromatic N) is 4. The number of amidine groups is 1. The number of carbonyl (C=O) groups is 3. The van der Waals surface area contributed by atoms with Crippen molar-refractivity contribution in [2.24, 2.45) is 10.2 Å². The highest BCUT2D eigenvalue weighted by molar-refractivity contribution is 8.18. The molecule has 0 unspecified atom stereocenters. The van der Waals surface area contributed by atoms with Gasteiger partial charge in [-0.25, -0.2) is 14.3 Å². The van der Waals surface area contributed by atoms with Gasteiger partial charge in [0.2, 0.25) is 0 Å². The zero-order valence-electron chi connectivity index (χ0n) is 15.4. The summed E-state index contributed by atoms with van der Waals surface area (Å²) < 4.78 is 10.7. The number of carbonyl (C=O) groups excluding carboxylic acids is 3. The van der Waals surface area contributed by atoms with Gasteiger partial charge in [0.15, 0.2) is 10.9 Å². The molecule has 1 aliphatic heterocycles. The zero-order chi connectivity index (χ0) is 20.8. The lowest BCUT2D eigenvalue weighted by atomic mass is 10.2. The molecule has 0 spiro atoms. The summed E-state index contributed by atoms with van der Waals surface area (Å²) in [6, 6.07) is 8.74. The van der Waals surface area contributed by atoms with Crippen LogP contribution >= 0.6 is 11.8 Å². The van der Waals surface area contributed by atoms with Crippen LogP contribution in [0.25, 0.3) is 5.69 Å². The topological polar surface area (TPSA) is 124 Å². The van der Waals surface area contributed by atoms with E-state index >= 15 is 0 Å². The standard InChI is InChI=1S/C18H15N5O5S/c1-27-15(24)9-14-16(25)20-18(29-14)21-19-10-11-3-5-12(6-4-11)23-8-7-13(22-23)17(26)28-2/h3-10H,1-2H3,(H,20,21,25)/b14-9+,19-10?. The van der Waals surface area contributed by atoms with Crippen LogP contribution in [0.2, 0.25) is 0 Å².